The highest BCUT2D eigenvalue weighted by atomic mass is 35.5. The van der Waals surface area contributed by atoms with Crippen LogP contribution in [0.3, 0.4) is 0 Å². The summed E-state index contributed by atoms with van der Waals surface area (Å²) >= 11 is 15.0. The monoisotopic (exact) mass is 526 g/mol. The van der Waals surface area contributed by atoms with Gasteiger partial charge in [0.1, 0.15) is 15.8 Å². The second kappa shape index (κ2) is 8.30. The summed E-state index contributed by atoms with van der Waals surface area (Å²) in [7, 11) is 0. The number of rotatable bonds is 5. The molecule has 2 heterocycles. The van der Waals surface area contributed by atoms with Gasteiger partial charge in [0.2, 0.25) is 17.7 Å². The summed E-state index contributed by atoms with van der Waals surface area (Å²) in [5, 5.41) is 2.92. The molecule has 6 nitrogen and oxygen atoms in total. The fraction of sp³-hybridized carbons (Fsp3) is 0.464. The molecule has 0 spiro atoms. The van der Waals surface area contributed by atoms with Crippen LogP contribution in [0.1, 0.15) is 48.9 Å². The molecule has 5 aliphatic rings. The molecule has 0 aromatic heterocycles. The zero-order chi connectivity index (χ0) is 25.4. The number of amides is 3. The van der Waals surface area contributed by atoms with Crippen LogP contribution in [0, 0.1) is 17.8 Å². The first-order chi connectivity index (χ1) is 17.2. The molecule has 0 saturated carbocycles. The molecule has 3 aliphatic carbocycles. The number of imide groups is 1. The highest BCUT2D eigenvalue weighted by molar-refractivity contribution is 6.36. The van der Waals surface area contributed by atoms with E-state index in [4.69, 9.17) is 27.9 Å². The fourth-order valence-corrected chi connectivity index (χ4v) is 7.90. The lowest BCUT2D eigenvalue weighted by Gasteiger charge is -2.54. The van der Waals surface area contributed by atoms with Crippen molar-refractivity contribution in [2.45, 2.75) is 48.6 Å². The summed E-state index contributed by atoms with van der Waals surface area (Å²) in [5.41, 5.74) is 2.98. The van der Waals surface area contributed by atoms with Gasteiger partial charge in [-0.15, -0.1) is 23.2 Å². The van der Waals surface area contributed by atoms with Crippen molar-refractivity contribution in [2.75, 3.05) is 13.2 Å². The predicted molar refractivity (Wildman–Crippen MR) is 136 cm³/mol. The maximum atomic E-state index is 14.2. The molecule has 0 unspecified atom stereocenters. The van der Waals surface area contributed by atoms with Crippen molar-refractivity contribution in [1.82, 2.24) is 10.2 Å². The number of nitrogens with one attached hydrogen (secondary N) is 1. The fourth-order valence-electron chi connectivity index (χ4n) is 6.81. The highest BCUT2D eigenvalue weighted by Crippen LogP contribution is 2.69. The van der Waals surface area contributed by atoms with Crippen LogP contribution in [-0.2, 0) is 28.9 Å². The van der Waals surface area contributed by atoms with Crippen LogP contribution >= 0.6 is 23.2 Å². The molecule has 3 amide bonds. The topological polar surface area (TPSA) is 75.7 Å². The van der Waals surface area contributed by atoms with E-state index >= 15 is 0 Å². The SMILES string of the molecule is CC(C)[C@@H](C(=O)NC[C@@H]1CCCO1)N1C(=O)[C@H]2[C@H](C1=O)C1(Cl)c3ccccc3C2(Cl)c2ccccc21. The molecule has 7 rings (SSSR count). The van der Waals surface area contributed by atoms with Crippen LogP contribution in [0.15, 0.2) is 48.5 Å². The molecule has 4 atom stereocenters. The maximum Gasteiger partial charge on any atom is 0.243 e. The zero-order valence-electron chi connectivity index (χ0n) is 20.2. The van der Waals surface area contributed by atoms with Crippen LogP contribution < -0.4 is 5.32 Å². The van der Waals surface area contributed by atoms with Crippen molar-refractivity contribution >= 4 is 40.9 Å². The van der Waals surface area contributed by atoms with Crippen LogP contribution in [0.25, 0.3) is 0 Å². The molecular formula is C28H28Cl2N2O4. The molecule has 0 radical (unpaired) electrons. The van der Waals surface area contributed by atoms with E-state index < -0.39 is 39.4 Å². The van der Waals surface area contributed by atoms with Gasteiger partial charge in [-0.25, -0.2) is 0 Å². The number of halogens is 2. The number of ether oxygens (including phenoxy) is 1. The maximum absolute atomic E-state index is 14.2. The van der Waals surface area contributed by atoms with Crippen molar-refractivity contribution in [2.24, 2.45) is 17.8 Å². The Morgan fingerprint density at radius 3 is 1.83 bits per heavy atom. The first-order valence-corrected chi connectivity index (χ1v) is 13.3. The first kappa shape index (κ1) is 24.0. The third-order valence-corrected chi connectivity index (χ3v) is 9.61. The summed E-state index contributed by atoms with van der Waals surface area (Å²) in [6, 6.07) is 14.1. The second-order valence-electron chi connectivity index (χ2n) is 10.6. The number of carbonyl (C=O) groups is 3. The molecule has 2 aliphatic heterocycles. The summed E-state index contributed by atoms with van der Waals surface area (Å²) in [6.45, 7) is 4.70. The molecule has 8 heteroatoms. The molecule has 2 saturated heterocycles. The predicted octanol–water partition coefficient (Wildman–Crippen LogP) is 3.90. The van der Waals surface area contributed by atoms with Crippen molar-refractivity contribution in [1.29, 1.82) is 0 Å². The number of nitrogens with zero attached hydrogens (tertiary/aromatic N) is 1. The smallest absolute Gasteiger partial charge is 0.243 e. The average Bonchev–Trinajstić information content (AvgIpc) is 3.48. The van der Waals surface area contributed by atoms with Gasteiger partial charge in [0.05, 0.1) is 17.9 Å². The third kappa shape index (κ3) is 2.98. The van der Waals surface area contributed by atoms with Gasteiger partial charge >= 0.3 is 0 Å². The van der Waals surface area contributed by atoms with E-state index in [9.17, 15) is 14.4 Å². The standard InChI is InChI=1S/C28H28Cl2N2O4/c1-15(2)23(24(33)31-14-16-8-7-13-36-16)32-25(34)21-22(26(32)35)28(30)18-10-4-3-9-17(18)27(21,29)19-11-5-6-12-20(19)28/h3-6,9-12,15-16,21-23H,7-8,13-14H2,1-2H3,(H,31,33)/t16-,21+,22+,23-,27?,28?/m0/s1. The summed E-state index contributed by atoms with van der Waals surface area (Å²) in [6.07, 6.45) is 1.78. The van der Waals surface area contributed by atoms with E-state index in [2.05, 4.69) is 5.32 Å². The van der Waals surface area contributed by atoms with E-state index in [0.29, 0.717) is 13.2 Å². The molecule has 36 heavy (non-hydrogen) atoms. The Balaban J connectivity index is 1.44. The normalized spacial score (nSPS) is 32.9. The van der Waals surface area contributed by atoms with Crippen LogP contribution in [-0.4, -0.2) is 47.9 Å². The molecule has 2 fully saturated rings. The van der Waals surface area contributed by atoms with Crippen LogP contribution in [0.5, 0.6) is 0 Å². The Morgan fingerprint density at radius 1 is 0.972 bits per heavy atom. The van der Waals surface area contributed by atoms with Gasteiger partial charge in [-0.3, -0.25) is 19.3 Å². The van der Waals surface area contributed by atoms with Gasteiger partial charge < -0.3 is 10.1 Å². The van der Waals surface area contributed by atoms with Gasteiger partial charge in [-0.1, -0.05) is 62.4 Å². The van der Waals surface area contributed by atoms with Crippen molar-refractivity contribution < 1.29 is 19.1 Å². The number of benzene rings is 2. The quantitative estimate of drug-likeness (QED) is 0.473. The Labute approximate surface area is 220 Å². The number of carbonyl (C=O) groups excluding carboxylic acids is 3. The Morgan fingerprint density at radius 2 is 1.44 bits per heavy atom. The second-order valence-corrected chi connectivity index (χ2v) is 11.8. The summed E-state index contributed by atoms with van der Waals surface area (Å²) in [4.78, 5) is 40.4. The van der Waals surface area contributed by atoms with Gasteiger partial charge in [0.25, 0.3) is 0 Å². The molecule has 2 bridgehead atoms. The van der Waals surface area contributed by atoms with E-state index in [1.807, 2.05) is 62.4 Å². The van der Waals surface area contributed by atoms with Gasteiger partial charge in [-0.05, 0) is 41.0 Å². The van der Waals surface area contributed by atoms with E-state index in [1.165, 1.54) is 0 Å². The van der Waals surface area contributed by atoms with Crippen LogP contribution in [0.4, 0.5) is 0 Å². The van der Waals surface area contributed by atoms with Crippen molar-refractivity contribution in [3.8, 4) is 0 Å². The third-order valence-electron chi connectivity index (χ3n) is 8.33. The molecule has 2 aromatic carbocycles. The lowest BCUT2D eigenvalue weighted by atomic mass is 9.54. The number of hydrogen-bond acceptors (Lipinski definition) is 4. The van der Waals surface area contributed by atoms with E-state index in [0.717, 1.165) is 40.0 Å². The molecular weight excluding hydrogens is 499 g/mol. The van der Waals surface area contributed by atoms with Crippen LogP contribution in [0.2, 0.25) is 0 Å². The van der Waals surface area contributed by atoms with E-state index in [1.54, 1.807) is 0 Å². The number of hydrogen-bond donors (Lipinski definition) is 1. The molecule has 188 valence electrons. The largest absolute Gasteiger partial charge is 0.376 e. The van der Waals surface area contributed by atoms with Gasteiger partial charge in [-0.2, -0.15) is 0 Å². The molecule has 1 N–H and O–H groups in total. The minimum atomic E-state index is -1.26. The highest BCUT2D eigenvalue weighted by Gasteiger charge is 2.73. The Bertz CT molecular complexity index is 1150. The van der Waals surface area contributed by atoms with E-state index in [-0.39, 0.29) is 17.9 Å². The first-order valence-electron chi connectivity index (χ1n) is 12.6. The van der Waals surface area contributed by atoms with Gasteiger partial charge in [0, 0.05) is 13.2 Å². The summed E-state index contributed by atoms with van der Waals surface area (Å²) < 4.78 is 5.63. The lowest BCUT2D eigenvalue weighted by Crippen LogP contribution is -2.57. The average molecular weight is 527 g/mol. The number of alkyl halides is 2. The Kier molecular flexibility index (Phi) is 5.52. The lowest BCUT2D eigenvalue weighted by molar-refractivity contribution is -0.149. The summed E-state index contributed by atoms with van der Waals surface area (Å²) in [5.74, 6) is -3.39. The van der Waals surface area contributed by atoms with Crippen molar-refractivity contribution in [3.63, 3.8) is 0 Å². The van der Waals surface area contributed by atoms with Gasteiger partial charge in [0.15, 0.2) is 0 Å². The number of likely N-dealkylation sites (tertiary alicyclic amines) is 1. The Hall–Kier alpha value is -2.41. The minimum absolute atomic E-state index is 0.0496. The van der Waals surface area contributed by atoms with Crippen molar-refractivity contribution in [3.05, 3.63) is 70.8 Å². The minimum Gasteiger partial charge on any atom is -0.376 e. The zero-order valence-corrected chi connectivity index (χ0v) is 21.7. The molecule has 2 aromatic rings.